The molecule has 0 heterocycles. The standard InChI is InChI=1S/C26H34O4/c1-4-19(2)21-7-15-26(16-8-21)30-20(3)28-17-18-29-25-13-9-23(10-14-25)22-5-11-24(27)12-6-22/h7-10,13-16,19-20,22H,4-6,11-12,17-18H2,1-3H3. The summed E-state index contributed by atoms with van der Waals surface area (Å²) < 4.78 is 17.3. The van der Waals surface area contributed by atoms with Gasteiger partial charge in [-0.1, -0.05) is 38.1 Å². The molecule has 0 N–H and O–H groups in total. The molecule has 162 valence electrons. The van der Waals surface area contributed by atoms with Gasteiger partial charge in [-0.25, -0.2) is 0 Å². The first-order valence-corrected chi connectivity index (χ1v) is 11.2. The second kappa shape index (κ2) is 11.2. The Morgan fingerprint density at radius 2 is 1.53 bits per heavy atom. The molecular weight excluding hydrogens is 376 g/mol. The minimum atomic E-state index is -0.334. The molecule has 2 aromatic carbocycles. The largest absolute Gasteiger partial charge is 0.491 e. The summed E-state index contributed by atoms with van der Waals surface area (Å²) >= 11 is 0. The van der Waals surface area contributed by atoms with E-state index in [4.69, 9.17) is 14.2 Å². The molecule has 0 saturated heterocycles. The quantitative estimate of drug-likeness (QED) is 0.343. The third kappa shape index (κ3) is 6.60. The highest BCUT2D eigenvalue weighted by atomic mass is 16.7. The number of carbonyl (C=O) groups excluding carboxylic acids is 1. The Hall–Kier alpha value is -2.33. The number of benzene rings is 2. The van der Waals surface area contributed by atoms with Crippen LogP contribution in [0.15, 0.2) is 48.5 Å². The van der Waals surface area contributed by atoms with E-state index in [2.05, 4.69) is 38.1 Å². The minimum Gasteiger partial charge on any atom is -0.491 e. The van der Waals surface area contributed by atoms with Gasteiger partial charge in [0.05, 0.1) is 6.61 Å². The van der Waals surface area contributed by atoms with Gasteiger partial charge in [0, 0.05) is 12.8 Å². The van der Waals surface area contributed by atoms with Crippen LogP contribution in [0.25, 0.3) is 0 Å². The fourth-order valence-corrected chi connectivity index (χ4v) is 3.82. The van der Waals surface area contributed by atoms with Crippen LogP contribution in [0.3, 0.4) is 0 Å². The SMILES string of the molecule is CCC(C)c1ccc(OC(C)OCCOc2ccc(C3CCC(=O)CC3)cc2)cc1. The highest BCUT2D eigenvalue weighted by Gasteiger charge is 2.20. The van der Waals surface area contributed by atoms with Crippen molar-refractivity contribution in [3.05, 3.63) is 59.7 Å². The summed E-state index contributed by atoms with van der Waals surface area (Å²) in [5.74, 6) is 3.11. The van der Waals surface area contributed by atoms with Crippen LogP contribution in [0.1, 0.15) is 75.8 Å². The fraction of sp³-hybridized carbons (Fsp3) is 0.500. The van der Waals surface area contributed by atoms with E-state index in [0.717, 1.165) is 30.8 Å². The van der Waals surface area contributed by atoms with Gasteiger partial charge in [0.2, 0.25) is 0 Å². The lowest BCUT2D eigenvalue weighted by molar-refractivity contribution is -0.120. The molecule has 1 aliphatic carbocycles. The molecule has 1 aliphatic rings. The van der Waals surface area contributed by atoms with Crippen molar-refractivity contribution in [1.82, 2.24) is 0 Å². The van der Waals surface area contributed by atoms with Crippen molar-refractivity contribution >= 4 is 5.78 Å². The van der Waals surface area contributed by atoms with Crippen LogP contribution in [0, 0.1) is 0 Å². The summed E-state index contributed by atoms with van der Waals surface area (Å²) in [5, 5.41) is 0. The summed E-state index contributed by atoms with van der Waals surface area (Å²) in [7, 11) is 0. The van der Waals surface area contributed by atoms with E-state index in [1.54, 1.807) is 0 Å². The minimum absolute atomic E-state index is 0.334. The highest BCUT2D eigenvalue weighted by Crippen LogP contribution is 2.32. The maximum Gasteiger partial charge on any atom is 0.197 e. The molecule has 30 heavy (non-hydrogen) atoms. The van der Waals surface area contributed by atoms with Gasteiger partial charge in [-0.15, -0.1) is 0 Å². The normalized spacial score (nSPS) is 16.8. The highest BCUT2D eigenvalue weighted by molar-refractivity contribution is 5.79. The second-order valence-corrected chi connectivity index (χ2v) is 8.17. The Balaban J connectivity index is 1.35. The zero-order valence-electron chi connectivity index (χ0n) is 18.4. The maximum absolute atomic E-state index is 11.4. The van der Waals surface area contributed by atoms with Gasteiger partial charge in [0.15, 0.2) is 6.29 Å². The lowest BCUT2D eigenvalue weighted by Crippen LogP contribution is -2.19. The van der Waals surface area contributed by atoms with Crippen molar-refractivity contribution < 1.29 is 19.0 Å². The molecule has 0 spiro atoms. The number of ketones is 1. The van der Waals surface area contributed by atoms with Gasteiger partial charge in [-0.05, 0) is 73.4 Å². The van der Waals surface area contributed by atoms with Crippen LogP contribution in [0.5, 0.6) is 11.5 Å². The van der Waals surface area contributed by atoms with E-state index in [0.29, 0.717) is 43.7 Å². The predicted octanol–water partition coefficient (Wildman–Crippen LogP) is 6.25. The van der Waals surface area contributed by atoms with Crippen molar-refractivity contribution in [3.8, 4) is 11.5 Å². The molecule has 4 nitrogen and oxygen atoms in total. The Kier molecular flexibility index (Phi) is 8.32. The molecule has 0 aliphatic heterocycles. The molecule has 1 saturated carbocycles. The first kappa shape index (κ1) is 22.4. The number of ether oxygens (including phenoxy) is 3. The van der Waals surface area contributed by atoms with E-state index >= 15 is 0 Å². The maximum atomic E-state index is 11.4. The molecule has 2 atom stereocenters. The van der Waals surface area contributed by atoms with Crippen LogP contribution in [0.4, 0.5) is 0 Å². The average Bonchev–Trinajstić information content (AvgIpc) is 2.78. The van der Waals surface area contributed by atoms with Crippen molar-refractivity contribution in [2.45, 2.75) is 71.0 Å². The molecule has 4 heteroatoms. The summed E-state index contributed by atoms with van der Waals surface area (Å²) in [4.78, 5) is 11.4. The van der Waals surface area contributed by atoms with Crippen molar-refractivity contribution in [2.75, 3.05) is 13.2 Å². The monoisotopic (exact) mass is 410 g/mol. The first-order chi connectivity index (χ1) is 14.5. The van der Waals surface area contributed by atoms with E-state index < -0.39 is 0 Å². The number of hydrogen-bond donors (Lipinski definition) is 0. The zero-order chi connectivity index (χ0) is 21.3. The average molecular weight is 411 g/mol. The molecule has 0 amide bonds. The van der Waals surface area contributed by atoms with Crippen LogP contribution in [-0.4, -0.2) is 25.3 Å². The lowest BCUT2D eigenvalue weighted by atomic mass is 9.83. The van der Waals surface area contributed by atoms with E-state index in [-0.39, 0.29) is 6.29 Å². The Bertz CT molecular complexity index is 772. The Morgan fingerprint density at radius 1 is 0.900 bits per heavy atom. The van der Waals surface area contributed by atoms with Crippen LogP contribution >= 0.6 is 0 Å². The van der Waals surface area contributed by atoms with Crippen molar-refractivity contribution in [3.63, 3.8) is 0 Å². The molecule has 2 unspecified atom stereocenters. The van der Waals surface area contributed by atoms with Crippen LogP contribution in [0.2, 0.25) is 0 Å². The molecule has 0 bridgehead atoms. The summed E-state index contributed by atoms with van der Waals surface area (Å²) in [6.45, 7) is 7.25. The molecule has 0 aromatic heterocycles. The third-order valence-corrected chi connectivity index (χ3v) is 5.96. The van der Waals surface area contributed by atoms with Crippen molar-refractivity contribution in [2.24, 2.45) is 0 Å². The number of Topliss-reactive ketones (excluding diaryl/α,β-unsaturated/α-hetero) is 1. The summed E-state index contributed by atoms with van der Waals surface area (Å²) in [5.41, 5.74) is 2.63. The van der Waals surface area contributed by atoms with Crippen LogP contribution in [-0.2, 0) is 9.53 Å². The summed E-state index contributed by atoms with van der Waals surface area (Å²) in [6, 6.07) is 16.5. The van der Waals surface area contributed by atoms with E-state index in [1.807, 2.05) is 31.2 Å². The fourth-order valence-electron chi connectivity index (χ4n) is 3.82. The predicted molar refractivity (Wildman–Crippen MR) is 119 cm³/mol. The van der Waals surface area contributed by atoms with Gasteiger partial charge in [0.1, 0.15) is 23.9 Å². The van der Waals surface area contributed by atoms with Crippen LogP contribution < -0.4 is 9.47 Å². The smallest absolute Gasteiger partial charge is 0.197 e. The number of hydrogen-bond acceptors (Lipinski definition) is 4. The molecular formula is C26H34O4. The van der Waals surface area contributed by atoms with E-state index in [1.165, 1.54) is 11.1 Å². The number of rotatable bonds is 10. The number of carbonyl (C=O) groups is 1. The molecule has 0 radical (unpaired) electrons. The lowest BCUT2D eigenvalue weighted by Gasteiger charge is -2.21. The van der Waals surface area contributed by atoms with Gasteiger partial charge in [-0.3, -0.25) is 4.79 Å². The molecule has 2 aromatic rings. The van der Waals surface area contributed by atoms with E-state index in [9.17, 15) is 4.79 Å². The molecule has 1 fully saturated rings. The van der Waals surface area contributed by atoms with Crippen molar-refractivity contribution in [1.29, 1.82) is 0 Å². The van der Waals surface area contributed by atoms with Gasteiger partial charge in [0.25, 0.3) is 0 Å². The zero-order valence-corrected chi connectivity index (χ0v) is 18.4. The Labute approximate surface area is 180 Å². The first-order valence-electron chi connectivity index (χ1n) is 11.2. The van der Waals surface area contributed by atoms with Gasteiger partial charge < -0.3 is 14.2 Å². The van der Waals surface area contributed by atoms with Gasteiger partial charge >= 0.3 is 0 Å². The topological polar surface area (TPSA) is 44.8 Å². The third-order valence-electron chi connectivity index (χ3n) is 5.96. The van der Waals surface area contributed by atoms with Gasteiger partial charge in [-0.2, -0.15) is 0 Å². The summed E-state index contributed by atoms with van der Waals surface area (Å²) in [6.07, 6.45) is 4.14. The Morgan fingerprint density at radius 3 is 2.17 bits per heavy atom. The molecule has 3 rings (SSSR count). The second-order valence-electron chi connectivity index (χ2n) is 8.17.